The van der Waals surface area contributed by atoms with Crippen LogP contribution in [0.5, 0.6) is 0 Å². The van der Waals surface area contributed by atoms with Crippen LogP contribution in [0.3, 0.4) is 0 Å². The average molecular weight is 378 g/mol. The predicted octanol–water partition coefficient (Wildman–Crippen LogP) is 1.75. The van der Waals surface area contributed by atoms with Gasteiger partial charge in [0.15, 0.2) is 6.23 Å². The number of alkyl halides is 1. The summed E-state index contributed by atoms with van der Waals surface area (Å²) < 4.78 is 6.95. The zero-order chi connectivity index (χ0) is 13.1. The second kappa shape index (κ2) is 5.81. The van der Waals surface area contributed by atoms with Crippen molar-refractivity contribution in [3.05, 3.63) is 49.7 Å². The summed E-state index contributed by atoms with van der Waals surface area (Å²) in [5, 5.41) is 0.659. The van der Waals surface area contributed by atoms with Gasteiger partial charge in [0, 0.05) is 11.5 Å². The van der Waals surface area contributed by atoms with Crippen LogP contribution in [0.1, 0.15) is 11.8 Å². The highest BCUT2D eigenvalue weighted by Crippen LogP contribution is 2.20. The first-order valence-electron chi connectivity index (χ1n) is 5.17. The fourth-order valence-electron chi connectivity index (χ4n) is 1.61. The SMILES string of the molecule is O=c1[nH]c(=O)n([C@H]2C=C[C@@H](CBr)O2)cc1C=CBr. The maximum absolute atomic E-state index is 11.7. The number of aromatic nitrogens is 2. The molecule has 2 atom stereocenters. The summed E-state index contributed by atoms with van der Waals surface area (Å²) in [5.41, 5.74) is -0.534. The van der Waals surface area contributed by atoms with Gasteiger partial charge in [-0.3, -0.25) is 14.3 Å². The van der Waals surface area contributed by atoms with Gasteiger partial charge in [-0.1, -0.05) is 37.9 Å². The Hall–Kier alpha value is -0.920. The Labute approximate surface area is 119 Å². The van der Waals surface area contributed by atoms with Crippen LogP contribution in [0.2, 0.25) is 0 Å². The zero-order valence-corrected chi connectivity index (χ0v) is 12.3. The van der Waals surface area contributed by atoms with E-state index in [2.05, 4.69) is 36.8 Å². The lowest BCUT2D eigenvalue weighted by Gasteiger charge is -2.15. The molecule has 0 fully saturated rings. The molecule has 2 rings (SSSR count). The minimum atomic E-state index is -0.489. The third-order valence-corrected chi connectivity index (χ3v) is 3.37. The smallest absolute Gasteiger partial charge is 0.330 e. The molecule has 0 radical (unpaired) electrons. The molecule has 1 aromatic heterocycles. The highest BCUT2D eigenvalue weighted by atomic mass is 79.9. The van der Waals surface area contributed by atoms with Crippen molar-refractivity contribution in [2.45, 2.75) is 12.3 Å². The molecule has 0 saturated carbocycles. The lowest BCUT2D eigenvalue weighted by Crippen LogP contribution is -2.33. The molecule has 7 heteroatoms. The Morgan fingerprint density at radius 3 is 2.83 bits per heavy atom. The molecule has 0 amide bonds. The van der Waals surface area contributed by atoms with Gasteiger partial charge in [-0.2, -0.15) is 0 Å². The lowest BCUT2D eigenvalue weighted by molar-refractivity contribution is 0.0271. The highest BCUT2D eigenvalue weighted by Gasteiger charge is 2.21. The minimum absolute atomic E-state index is 0.0657. The number of rotatable bonds is 3. The van der Waals surface area contributed by atoms with E-state index in [4.69, 9.17) is 4.74 Å². The maximum atomic E-state index is 11.7. The fourth-order valence-corrected chi connectivity index (χ4v) is 2.26. The lowest BCUT2D eigenvalue weighted by atomic mass is 10.3. The van der Waals surface area contributed by atoms with Crippen LogP contribution in [-0.2, 0) is 4.74 Å². The van der Waals surface area contributed by atoms with E-state index in [9.17, 15) is 9.59 Å². The molecule has 0 aliphatic carbocycles. The molecule has 96 valence electrons. The van der Waals surface area contributed by atoms with Gasteiger partial charge in [0.25, 0.3) is 5.56 Å². The van der Waals surface area contributed by atoms with Crippen molar-refractivity contribution in [2.75, 3.05) is 5.33 Å². The fraction of sp³-hybridized carbons (Fsp3) is 0.273. The molecule has 0 spiro atoms. The molecule has 1 aromatic rings. The van der Waals surface area contributed by atoms with Crippen molar-refractivity contribution in [1.82, 2.24) is 9.55 Å². The van der Waals surface area contributed by atoms with E-state index in [1.807, 2.05) is 6.08 Å². The zero-order valence-electron chi connectivity index (χ0n) is 9.18. The van der Waals surface area contributed by atoms with Crippen molar-refractivity contribution < 1.29 is 4.74 Å². The van der Waals surface area contributed by atoms with Gasteiger partial charge in [0.05, 0.1) is 11.7 Å². The molecule has 0 aromatic carbocycles. The second-order valence-corrected chi connectivity index (χ2v) is 4.82. The number of halogens is 2. The normalized spacial score (nSPS) is 23.0. The van der Waals surface area contributed by atoms with Crippen LogP contribution in [0.25, 0.3) is 6.08 Å². The van der Waals surface area contributed by atoms with E-state index >= 15 is 0 Å². The van der Waals surface area contributed by atoms with Gasteiger partial charge in [-0.05, 0) is 17.1 Å². The van der Waals surface area contributed by atoms with E-state index in [0.717, 1.165) is 0 Å². The minimum Gasteiger partial charge on any atom is -0.346 e. The van der Waals surface area contributed by atoms with Crippen molar-refractivity contribution in [2.24, 2.45) is 0 Å². The number of nitrogens with one attached hydrogen (secondary N) is 1. The molecule has 1 aliphatic heterocycles. The predicted molar refractivity (Wildman–Crippen MR) is 76.1 cm³/mol. The first-order chi connectivity index (χ1) is 8.65. The standard InChI is InChI=1S/C11H10Br2N2O3/c12-4-3-7-6-15(11(17)14-10(7)16)9-2-1-8(5-13)18-9/h1-4,6,8-9H,5H2,(H,14,16,17)/t8-,9+/m0/s1. The van der Waals surface area contributed by atoms with E-state index in [1.54, 1.807) is 17.1 Å². The molecule has 0 bridgehead atoms. The monoisotopic (exact) mass is 376 g/mol. The summed E-state index contributed by atoms with van der Waals surface area (Å²) in [6, 6.07) is 0. The number of hydrogen-bond acceptors (Lipinski definition) is 3. The number of hydrogen-bond donors (Lipinski definition) is 1. The highest BCUT2D eigenvalue weighted by molar-refractivity contribution is 9.11. The van der Waals surface area contributed by atoms with Gasteiger partial charge in [-0.15, -0.1) is 0 Å². The Morgan fingerprint density at radius 2 is 2.22 bits per heavy atom. The molecule has 1 aliphatic rings. The topological polar surface area (TPSA) is 64.1 Å². The van der Waals surface area contributed by atoms with Crippen LogP contribution >= 0.6 is 31.9 Å². The van der Waals surface area contributed by atoms with Crippen LogP contribution < -0.4 is 11.2 Å². The third-order valence-electron chi connectivity index (χ3n) is 2.47. The average Bonchev–Trinajstić information content (AvgIpc) is 2.81. The summed E-state index contributed by atoms with van der Waals surface area (Å²) in [6.07, 6.45) is 6.15. The van der Waals surface area contributed by atoms with Gasteiger partial charge >= 0.3 is 5.69 Å². The van der Waals surface area contributed by atoms with E-state index < -0.39 is 17.5 Å². The van der Waals surface area contributed by atoms with Crippen molar-refractivity contribution in [3.8, 4) is 0 Å². The quantitative estimate of drug-likeness (QED) is 0.644. The van der Waals surface area contributed by atoms with Crippen LogP contribution in [-0.4, -0.2) is 21.0 Å². The van der Waals surface area contributed by atoms with Crippen molar-refractivity contribution in [3.63, 3.8) is 0 Å². The van der Waals surface area contributed by atoms with Crippen LogP contribution in [0.4, 0.5) is 0 Å². The summed E-state index contributed by atoms with van der Waals surface area (Å²) >= 11 is 6.40. The third kappa shape index (κ3) is 2.73. The van der Waals surface area contributed by atoms with Gasteiger partial charge in [0.1, 0.15) is 0 Å². The van der Waals surface area contributed by atoms with E-state index in [-0.39, 0.29) is 6.10 Å². The molecular weight excluding hydrogens is 368 g/mol. The summed E-state index contributed by atoms with van der Waals surface area (Å²) in [7, 11) is 0. The Bertz CT molecular complexity index is 603. The number of H-pyrrole nitrogens is 1. The molecule has 18 heavy (non-hydrogen) atoms. The molecule has 2 heterocycles. The van der Waals surface area contributed by atoms with Crippen LogP contribution in [0, 0.1) is 0 Å². The second-order valence-electron chi connectivity index (χ2n) is 3.65. The van der Waals surface area contributed by atoms with E-state index in [0.29, 0.717) is 10.9 Å². The van der Waals surface area contributed by atoms with Gasteiger partial charge < -0.3 is 4.74 Å². The molecule has 0 unspecified atom stereocenters. The van der Waals surface area contributed by atoms with E-state index in [1.165, 1.54) is 10.8 Å². The Balaban J connectivity index is 2.40. The number of aromatic amines is 1. The first kappa shape index (κ1) is 13.5. The Kier molecular flexibility index (Phi) is 4.36. The number of nitrogens with zero attached hydrogens (tertiary/aromatic N) is 1. The summed E-state index contributed by atoms with van der Waals surface area (Å²) in [6.45, 7) is 0. The molecule has 1 N–H and O–H groups in total. The Morgan fingerprint density at radius 1 is 1.44 bits per heavy atom. The van der Waals surface area contributed by atoms with Crippen molar-refractivity contribution >= 4 is 37.9 Å². The molecule has 5 nitrogen and oxygen atoms in total. The maximum Gasteiger partial charge on any atom is 0.330 e. The van der Waals surface area contributed by atoms with Crippen molar-refractivity contribution in [1.29, 1.82) is 0 Å². The van der Waals surface area contributed by atoms with Crippen LogP contribution in [0.15, 0.2) is 32.9 Å². The van der Waals surface area contributed by atoms with Gasteiger partial charge in [-0.25, -0.2) is 4.79 Å². The first-order valence-corrected chi connectivity index (χ1v) is 7.21. The number of ether oxygens (including phenoxy) is 1. The largest absolute Gasteiger partial charge is 0.346 e. The molecular formula is C11H10Br2N2O3. The molecule has 0 saturated heterocycles. The summed E-state index contributed by atoms with van der Waals surface area (Å²) in [5.74, 6) is 0. The van der Waals surface area contributed by atoms with Gasteiger partial charge in [0.2, 0.25) is 0 Å². The summed E-state index contributed by atoms with van der Waals surface area (Å²) in [4.78, 5) is 27.0.